The minimum absolute atomic E-state index is 0.00960. The van der Waals surface area contributed by atoms with Crippen LogP contribution in [0.4, 0.5) is 11.6 Å². The van der Waals surface area contributed by atoms with Crippen LogP contribution in [0.1, 0.15) is 31.7 Å². The molecule has 2 heterocycles. The van der Waals surface area contributed by atoms with Crippen molar-refractivity contribution < 1.29 is 14.6 Å². The number of fused-ring (bicyclic) bond motifs is 3. The van der Waals surface area contributed by atoms with Gasteiger partial charge in [-0.3, -0.25) is 9.36 Å². The third-order valence-electron chi connectivity index (χ3n) is 6.17. The lowest BCUT2D eigenvalue weighted by Crippen LogP contribution is -2.28. The van der Waals surface area contributed by atoms with E-state index in [0.717, 1.165) is 23.4 Å². The molecule has 30 heavy (non-hydrogen) atoms. The molecular formula is C22H22N4O4. The number of nitrogens with one attached hydrogen (secondary N) is 1. The van der Waals surface area contributed by atoms with Crippen LogP contribution < -0.4 is 15.6 Å². The number of anilines is 2. The predicted molar refractivity (Wildman–Crippen MR) is 111 cm³/mol. The Morgan fingerprint density at radius 3 is 2.70 bits per heavy atom. The van der Waals surface area contributed by atoms with E-state index >= 15 is 0 Å². The first-order chi connectivity index (χ1) is 14.6. The fourth-order valence-corrected chi connectivity index (χ4v) is 4.86. The fourth-order valence-electron chi connectivity index (χ4n) is 4.86. The van der Waals surface area contributed by atoms with Crippen LogP contribution in [0.15, 0.2) is 47.4 Å². The van der Waals surface area contributed by atoms with E-state index in [4.69, 9.17) is 9.84 Å². The Balaban J connectivity index is 1.42. The number of aliphatic carboxylic acids is 1. The highest BCUT2D eigenvalue weighted by molar-refractivity contribution is 5.76. The molecule has 2 fully saturated rings. The molecular weight excluding hydrogens is 384 g/mol. The second-order valence-corrected chi connectivity index (χ2v) is 8.09. The minimum atomic E-state index is -1.02. The molecule has 2 aromatic heterocycles. The summed E-state index contributed by atoms with van der Waals surface area (Å²) in [7, 11) is 0. The van der Waals surface area contributed by atoms with Gasteiger partial charge in [0.15, 0.2) is 6.61 Å². The number of nitrogens with zero attached hydrogens (tertiary/aromatic N) is 3. The van der Waals surface area contributed by atoms with Crippen molar-refractivity contribution in [1.29, 1.82) is 0 Å². The Bertz CT molecular complexity index is 1160. The van der Waals surface area contributed by atoms with Gasteiger partial charge < -0.3 is 15.2 Å². The van der Waals surface area contributed by atoms with Crippen LogP contribution in [-0.4, -0.2) is 32.2 Å². The highest BCUT2D eigenvalue weighted by Gasteiger charge is 2.41. The molecule has 3 atom stereocenters. The zero-order valence-corrected chi connectivity index (χ0v) is 16.3. The van der Waals surface area contributed by atoms with Gasteiger partial charge >= 0.3 is 5.97 Å². The Morgan fingerprint density at radius 1 is 1.17 bits per heavy atom. The highest BCUT2D eigenvalue weighted by atomic mass is 16.5. The second-order valence-electron chi connectivity index (χ2n) is 8.09. The van der Waals surface area contributed by atoms with Crippen LogP contribution in [0.2, 0.25) is 0 Å². The lowest BCUT2D eigenvalue weighted by molar-refractivity contribution is -0.139. The summed E-state index contributed by atoms with van der Waals surface area (Å²) in [6.07, 6.45) is 6.45. The van der Waals surface area contributed by atoms with Crippen LogP contribution in [0.25, 0.3) is 11.0 Å². The van der Waals surface area contributed by atoms with Crippen molar-refractivity contribution in [3.05, 3.63) is 52.9 Å². The first-order valence-electron chi connectivity index (χ1n) is 10.2. The summed E-state index contributed by atoms with van der Waals surface area (Å²) in [6, 6.07) is 10.5. The van der Waals surface area contributed by atoms with E-state index in [1.807, 2.05) is 4.57 Å². The third-order valence-corrected chi connectivity index (χ3v) is 6.17. The van der Waals surface area contributed by atoms with E-state index in [9.17, 15) is 9.59 Å². The second kappa shape index (κ2) is 7.44. The minimum Gasteiger partial charge on any atom is -0.482 e. The van der Waals surface area contributed by atoms with Gasteiger partial charge in [0.2, 0.25) is 5.95 Å². The predicted octanol–water partition coefficient (Wildman–Crippen LogP) is 3.36. The number of aromatic nitrogens is 3. The van der Waals surface area contributed by atoms with Crippen molar-refractivity contribution in [2.75, 3.05) is 11.9 Å². The smallest absolute Gasteiger partial charge is 0.341 e. The number of carbonyl (C=O) groups is 1. The first-order valence-corrected chi connectivity index (χ1v) is 10.2. The van der Waals surface area contributed by atoms with E-state index in [-0.39, 0.29) is 18.2 Å². The van der Waals surface area contributed by atoms with Crippen LogP contribution >= 0.6 is 0 Å². The van der Waals surface area contributed by atoms with E-state index in [1.165, 1.54) is 19.3 Å². The normalized spacial score (nSPS) is 22.3. The quantitative estimate of drug-likeness (QED) is 0.646. The van der Waals surface area contributed by atoms with E-state index in [2.05, 4.69) is 15.3 Å². The Hall–Kier alpha value is -3.42. The molecule has 2 bridgehead atoms. The summed E-state index contributed by atoms with van der Waals surface area (Å²) in [6.45, 7) is -0.388. The molecule has 8 heteroatoms. The molecule has 0 radical (unpaired) electrons. The van der Waals surface area contributed by atoms with Gasteiger partial charge in [0.1, 0.15) is 11.4 Å². The molecule has 8 nitrogen and oxygen atoms in total. The maximum atomic E-state index is 12.7. The number of pyridine rings is 1. The molecule has 1 aromatic carbocycles. The zero-order chi connectivity index (χ0) is 20.7. The van der Waals surface area contributed by atoms with Gasteiger partial charge in [0.25, 0.3) is 5.56 Å². The summed E-state index contributed by atoms with van der Waals surface area (Å²) in [5.41, 5.74) is 1.39. The van der Waals surface area contributed by atoms with Crippen LogP contribution in [-0.2, 0) is 4.79 Å². The maximum absolute atomic E-state index is 12.7. The Morgan fingerprint density at radius 2 is 2.00 bits per heavy atom. The molecule has 0 aliphatic heterocycles. The summed E-state index contributed by atoms with van der Waals surface area (Å²) in [5.74, 6) is 1.13. The van der Waals surface area contributed by atoms with Crippen LogP contribution in [0, 0.1) is 11.8 Å². The van der Waals surface area contributed by atoms with Crippen molar-refractivity contribution in [2.45, 2.75) is 31.7 Å². The summed E-state index contributed by atoms with van der Waals surface area (Å²) in [5, 5.41) is 12.7. The van der Waals surface area contributed by atoms with Gasteiger partial charge in [-0.15, -0.1) is 0 Å². The Kier molecular flexibility index (Phi) is 4.61. The van der Waals surface area contributed by atoms with Crippen molar-refractivity contribution in [1.82, 2.24) is 14.5 Å². The van der Waals surface area contributed by atoms with Gasteiger partial charge in [-0.05, 0) is 61.4 Å². The topological polar surface area (TPSA) is 106 Å². The molecule has 154 valence electrons. The van der Waals surface area contributed by atoms with Gasteiger partial charge in [0, 0.05) is 29.4 Å². The van der Waals surface area contributed by atoms with Gasteiger partial charge in [-0.2, -0.15) is 4.98 Å². The maximum Gasteiger partial charge on any atom is 0.341 e. The third kappa shape index (κ3) is 3.49. The first kappa shape index (κ1) is 18.6. The van der Waals surface area contributed by atoms with E-state index in [1.54, 1.807) is 42.6 Å². The number of rotatable bonds is 6. The molecule has 3 unspecified atom stereocenters. The van der Waals surface area contributed by atoms with E-state index < -0.39 is 5.97 Å². The Labute approximate surface area is 172 Å². The van der Waals surface area contributed by atoms with Crippen LogP contribution in [0.3, 0.4) is 0 Å². The number of benzene rings is 1. The van der Waals surface area contributed by atoms with Gasteiger partial charge in [-0.25, -0.2) is 9.78 Å². The molecule has 0 spiro atoms. The summed E-state index contributed by atoms with van der Waals surface area (Å²) >= 11 is 0. The molecule has 2 aliphatic rings. The molecule has 0 amide bonds. The van der Waals surface area contributed by atoms with Crippen molar-refractivity contribution in [3.8, 4) is 5.75 Å². The van der Waals surface area contributed by atoms with Gasteiger partial charge in [-0.1, -0.05) is 6.42 Å². The number of carboxylic acid groups (broad SMARTS) is 1. The summed E-state index contributed by atoms with van der Waals surface area (Å²) < 4.78 is 7.01. The monoisotopic (exact) mass is 406 g/mol. The average molecular weight is 406 g/mol. The lowest BCUT2D eigenvalue weighted by atomic mass is 9.95. The van der Waals surface area contributed by atoms with Crippen LogP contribution in [0.5, 0.6) is 5.75 Å². The zero-order valence-electron chi connectivity index (χ0n) is 16.3. The molecule has 0 saturated heterocycles. The molecule has 2 saturated carbocycles. The van der Waals surface area contributed by atoms with Crippen molar-refractivity contribution in [3.63, 3.8) is 0 Å². The highest BCUT2D eigenvalue weighted by Crippen LogP contribution is 2.50. The average Bonchev–Trinajstić information content (AvgIpc) is 3.36. The SMILES string of the molecule is O=C(O)COc1ccc(Nc2ncc3ccc(=O)n(C4CC5CCC4C5)c3n2)cc1. The van der Waals surface area contributed by atoms with Gasteiger partial charge in [0.05, 0.1) is 0 Å². The molecule has 3 aromatic rings. The van der Waals surface area contributed by atoms with Crippen molar-refractivity contribution >= 4 is 28.6 Å². The largest absolute Gasteiger partial charge is 0.482 e. The molecule has 5 rings (SSSR count). The fraction of sp³-hybridized carbons (Fsp3) is 0.364. The lowest BCUT2D eigenvalue weighted by Gasteiger charge is -2.25. The number of hydrogen-bond acceptors (Lipinski definition) is 6. The number of ether oxygens (including phenoxy) is 1. The van der Waals surface area contributed by atoms with Crippen molar-refractivity contribution in [2.24, 2.45) is 11.8 Å². The van der Waals surface area contributed by atoms with E-state index in [0.29, 0.717) is 23.3 Å². The molecule has 2 aliphatic carbocycles. The number of carboxylic acids is 1. The standard InChI is InChI=1S/C22H22N4O4/c27-19-8-3-15-11-23-22(24-16-4-6-17(7-5-16)30-12-20(28)29)25-21(15)26(19)18-10-13-1-2-14(18)9-13/h3-8,11,13-14,18H,1-2,9-10,12H2,(H,28,29)(H,23,24,25). The number of hydrogen-bond donors (Lipinski definition) is 2. The summed E-state index contributed by atoms with van der Waals surface area (Å²) in [4.78, 5) is 32.4. The molecule has 2 N–H and O–H groups in total.